The summed E-state index contributed by atoms with van der Waals surface area (Å²) in [6, 6.07) is 3.00. The van der Waals surface area contributed by atoms with Crippen molar-refractivity contribution in [2.24, 2.45) is 0 Å². The monoisotopic (exact) mass is 225 g/mol. The highest BCUT2D eigenvalue weighted by Crippen LogP contribution is 2.27. The van der Waals surface area contributed by atoms with E-state index >= 15 is 0 Å². The van der Waals surface area contributed by atoms with Gasteiger partial charge < -0.3 is 0 Å². The first kappa shape index (κ1) is 10.2. The van der Waals surface area contributed by atoms with E-state index in [0.717, 1.165) is 18.3 Å². The van der Waals surface area contributed by atoms with Crippen LogP contribution in [-0.4, -0.2) is 15.1 Å². The minimum Gasteiger partial charge on any atom is -0.271 e. The van der Waals surface area contributed by atoms with Crippen LogP contribution in [0.2, 0.25) is 0 Å². The van der Waals surface area contributed by atoms with Crippen LogP contribution in [0.15, 0.2) is 24.4 Å². The normalized spacial score (nSPS) is 10.4. The summed E-state index contributed by atoms with van der Waals surface area (Å²) in [6.07, 6.45) is 1.01. The van der Waals surface area contributed by atoms with E-state index in [-0.39, 0.29) is 16.9 Å². The second-order valence-electron chi connectivity index (χ2n) is 3.02. The smallest absolute Gasteiger partial charge is 0.271 e. The SMILES string of the molecule is O=[N+]([O-])c1cn[nH]c1-c1ccc(F)c(F)c1. The number of hydrogen-bond donors (Lipinski definition) is 1. The lowest BCUT2D eigenvalue weighted by Gasteiger charge is -1.98. The van der Waals surface area contributed by atoms with Gasteiger partial charge in [0, 0.05) is 5.56 Å². The van der Waals surface area contributed by atoms with Crippen LogP contribution < -0.4 is 0 Å². The molecule has 16 heavy (non-hydrogen) atoms. The highest BCUT2D eigenvalue weighted by Gasteiger charge is 2.18. The number of nitrogens with one attached hydrogen (secondary N) is 1. The zero-order valence-electron chi connectivity index (χ0n) is 7.78. The van der Waals surface area contributed by atoms with Crippen LogP contribution in [0.5, 0.6) is 0 Å². The fourth-order valence-corrected chi connectivity index (χ4v) is 1.28. The van der Waals surface area contributed by atoms with Gasteiger partial charge in [-0.05, 0) is 18.2 Å². The molecule has 1 N–H and O–H groups in total. The van der Waals surface area contributed by atoms with E-state index in [0.29, 0.717) is 0 Å². The number of halogens is 2. The lowest BCUT2D eigenvalue weighted by Crippen LogP contribution is -1.91. The third-order valence-corrected chi connectivity index (χ3v) is 2.02. The molecule has 82 valence electrons. The van der Waals surface area contributed by atoms with Gasteiger partial charge in [0.25, 0.3) is 0 Å². The average Bonchev–Trinajstić information content (AvgIpc) is 2.71. The number of aromatic nitrogens is 2. The quantitative estimate of drug-likeness (QED) is 0.629. The molecule has 2 rings (SSSR count). The molecule has 2 aromatic rings. The highest BCUT2D eigenvalue weighted by atomic mass is 19.2. The van der Waals surface area contributed by atoms with Gasteiger partial charge in [-0.25, -0.2) is 8.78 Å². The number of H-pyrrole nitrogens is 1. The molecule has 1 heterocycles. The highest BCUT2D eigenvalue weighted by molar-refractivity contribution is 5.68. The second kappa shape index (κ2) is 3.69. The van der Waals surface area contributed by atoms with Gasteiger partial charge in [0.15, 0.2) is 11.6 Å². The number of rotatable bonds is 2. The Balaban J connectivity index is 2.54. The molecule has 1 aromatic carbocycles. The maximum atomic E-state index is 12.9. The van der Waals surface area contributed by atoms with Crippen molar-refractivity contribution < 1.29 is 13.7 Å². The van der Waals surface area contributed by atoms with Gasteiger partial charge in [-0.15, -0.1) is 0 Å². The summed E-state index contributed by atoms with van der Waals surface area (Å²) in [5.74, 6) is -2.08. The van der Waals surface area contributed by atoms with Crippen LogP contribution in [0, 0.1) is 21.7 Å². The zero-order chi connectivity index (χ0) is 11.7. The molecule has 0 saturated carbocycles. The summed E-state index contributed by atoms with van der Waals surface area (Å²) in [7, 11) is 0. The van der Waals surface area contributed by atoms with E-state index in [4.69, 9.17) is 0 Å². The number of nitrogens with zero attached hydrogens (tertiary/aromatic N) is 2. The Bertz CT molecular complexity index is 553. The zero-order valence-corrected chi connectivity index (χ0v) is 7.78. The van der Waals surface area contributed by atoms with Gasteiger partial charge in [-0.3, -0.25) is 15.2 Å². The molecule has 0 bridgehead atoms. The van der Waals surface area contributed by atoms with E-state index in [1.807, 2.05) is 0 Å². The lowest BCUT2D eigenvalue weighted by molar-refractivity contribution is -0.384. The molecule has 0 fully saturated rings. The van der Waals surface area contributed by atoms with E-state index in [2.05, 4.69) is 10.2 Å². The minimum atomic E-state index is -1.07. The summed E-state index contributed by atoms with van der Waals surface area (Å²) in [5.41, 5.74) is -0.0713. The van der Waals surface area contributed by atoms with Gasteiger partial charge in [0.05, 0.1) is 4.92 Å². The molecule has 0 unspecified atom stereocenters. The van der Waals surface area contributed by atoms with Crippen molar-refractivity contribution in [3.63, 3.8) is 0 Å². The molecular formula is C9H5F2N3O2. The Kier molecular flexibility index (Phi) is 2.35. The van der Waals surface area contributed by atoms with Crippen LogP contribution in [0.4, 0.5) is 14.5 Å². The number of hydrogen-bond acceptors (Lipinski definition) is 3. The third kappa shape index (κ3) is 1.62. The van der Waals surface area contributed by atoms with Gasteiger partial charge in [0.1, 0.15) is 11.9 Å². The van der Waals surface area contributed by atoms with Crippen LogP contribution >= 0.6 is 0 Å². The van der Waals surface area contributed by atoms with Crippen molar-refractivity contribution in [2.75, 3.05) is 0 Å². The summed E-state index contributed by atoms with van der Waals surface area (Å²) in [6.45, 7) is 0. The molecule has 5 nitrogen and oxygen atoms in total. The number of aromatic amines is 1. The van der Waals surface area contributed by atoms with E-state index < -0.39 is 16.6 Å². The first-order chi connectivity index (χ1) is 7.59. The predicted molar refractivity (Wildman–Crippen MR) is 50.6 cm³/mol. The number of benzene rings is 1. The van der Waals surface area contributed by atoms with Crippen molar-refractivity contribution >= 4 is 5.69 Å². The lowest BCUT2D eigenvalue weighted by atomic mass is 10.1. The fraction of sp³-hybridized carbons (Fsp3) is 0. The maximum Gasteiger partial charge on any atom is 0.314 e. The van der Waals surface area contributed by atoms with Crippen molar-refractivity contribution in [1.29, 1.82) is 0 Å². The van der Waals surface area contributed by atoms with Gasteiger partial charge in [-0.1, -0.05) is 0 Å². The molecular weight excluding hydrogens is 220 g/mol. The van der Waals surface area contributed by atoms with Crippen molar-refractivity contribution in [2.45, 2.75) is 0 Å². The topological polar surface area (TPSA) is 71.8 Å². The fourth-order valence-electron chi connectivity index (χ4n) is 1.28. The minimum absolute atomic E-state index is 0.0453. The largest absolute Gasteiger partial charge is 0.314 e. The Hall–Kier alpha value is -2.31. The summed E-state index contributed by atoms with van der Waals surface area (Å²) in [5, 5.41) is 16.4. The molecule has 0 radical (unpaired) electrons. The number of nitro groups is 1. The molecule has 1 aromatic heterocycles. The molecule has 0 atom stereocenters. The van der Waals surface area contributed by atoms with E-state index in [1.165, 1.54) is 6.07 Å². The average molecular weight is 225 g/mol. The van der Waals surface area contributed by atoms with Gasteiger partial charge in [0.2, 0.25) is 0 Å². The van der Waals surface area contributed by atoms with E-state index in [1.54, 1.807) is 0 Å². The summed E-state index contributed by atoms with van der Waals surface area (Å²) >= 11 is 0. The summed E-state index contributed by atoms with van der Waals surface area (Å²) in [4.78, 5) is 9.93. The van der Waals surface area contributed by atoms with Crippen molar-refractivity contribution in [3.05, 3.63) is 46.1 Å². The third-order valence-electron chi connectivity index (χ3n) is 2.02. The molecule has 7 heteroatoms. The molecule has 0 aliphatic heterocycles. The van der Waals surface area contributed by atoms with Crippen LogP contribution in [0.1, 0.15) is 0 Å². The maximum absolute atomic E-state index is 12.9. The summed E-state index contributed by atoms with van der Waals surface area (Å²) < 4.78 is 25.6. The van der Waals surface area contributed by atoms with Crippen molar-refractivity contribution in [3.8, 4) is 11.3 Å². The van der Waals surface area contributed by atoms with Crippen molar-refractivity contribution in [1.82, 2.24) is 10.2 Å². The first-order valence-corrected chi connectivity index (χ1v) is 4.23. The standard InChI is InChI=1S/C9H5F2N3O2/c10-6-2-1-5(3-7(6)11)9-8(14(15)16)4-12-13-9/h1-4H,(H,12,13). The second-order valence-corrected chi connectivity index (χ2v) is 3.02. The predicted octanol–water partition coefficient (Wildman–Crippen LogP) is 2.26. The molecule has 0 aliphatic carbocycles. The van der Waals surface area contributed by atoms with E-state index in [9.17, 15) is 18.9 Å². The molecule has 0 amide bonds. The Morgan fingerprint density at radius 2 is 2.06 bits per heavy atom. The molecule has 0 aliphatic rings. The van der Waals surface area contributed by atoms with Gasteiger partial charge >= 0.3 is 5.69 Å². The van der Waals surface area contributed by atoms with Gasteiger partial charge in [-0.2, -0.15) is 5.10 Å². The Morgan fingerprint density at radius 3 is 2.69 bits per heavy atom. The molecule has 0 spiro atoms. The van der Waals surface area contributed by atoms with Crippen LogP contribution in [-0.2, 0) is 0 Å². The van der Waals surface area contributed by atoms with Crippen LogP contribution in [0.3, 0.4) is 0 Å². The first-order valence-electron chi connectivity index (χ1n) is 4.23. The molecule has 0 saturated heterocycles. The Morgan fingerprint density at radius 1 is 1.31 bits per heavy atom. The Labute approximate surface area is 87.9 Å². The van der Waals surface area contributed by atoms with Crippen LogP contribution in [0.25, 0.3) is 11.3 Å².